The zero-order valence-electron chi connectivity index (χ0n) is 16.4. The molecule has 2 amide bonds. The summed E-state index contributed by atoms with van der Waals surface area (Å²) in [6.07, 6.45) is 1.75. The van der Waals surface area contributed by atoms with Crippen molar-refractivity contribution >= 4 is 17.5 Å². The van der Waals surface area contributed by atoms with Gasteiger partial charge < -0.3 is 19.9 Å². The summed E-state index contributed by atoms with van der Waals surface area (Å²) in [6, 6.07) is 9.92. The van der Waals surface area contributed by atoms with Crippen LogP contribution in [-0.2, 0) is 17.8 Å². The molecule has 29 heavy (non-hydrogen) atoms. The lowest BCUT2D eigenvalue weighted by atomic mass is 10.2. The number of rotatable bonds is 7. The molecule has 1 N–H and O–H groups in total. The Hall–Kier alpha value is -3.20. The molecule has 0 bridgehead atoms. The molecule has 0 unspecified atom stereocenters. The lowest BCUT2D eigenvalue weighted by Gasteiger charge is -2.29. The largest absolute Gasteiger partial charge is 0.378 e. The van der Waals surface area contributed by atoms with Gasteiger partial charge in [-0.2, -0.15) is 0 Å². The summed E-state index contributed by atoms with van der Waals surface area (Å²) in [5, 5.41) is 13.9. The highest BCUT2D eigenvalue weighted by molar-refractivity contribution is 5.74. The van der Waals surface area contributed by atoms with Crippen molar-refractivity contribution in [2.45, 2.75) is 20.0 Å². The molecule has 2 heterocycles. The number of hydrogen-bond acceptors (Lipinski definition) is 6. The number of urea groups is 1. The van der Waals surface area contributed by atoms with Crippen molar-refractivity contribution in [3.8, 4) is 0 Å². The molecule has 3 rings (SSSR count). The standard InChI is InChI=1S/C20H25N5O4/c1-2-23(15-16-5-3-7-18(13-16)25(27)28)20(26)22-14-17-6-4-8-21-19(17)24-9-11-29-12-10-24/h3-8,13H,2,9-12,14-15H2,1H3,(H,22,26). The first kappa shape index (κ1) is 20.5. The third-order valence-corrected chi connectivity index (χ3v) is 4.77. The lowest BCUT2D eigenvalue weighted by molar-refractivity contribution is -0.384. The second kappa shape index (κ2) is 9.83. The van der Waals surface area contributed by atoms with Crippen LogP contribution in [0.4, 0.5) is 16.3 Å². The third kappa shape index (κ3) is 5.41. The van der Waals surface area contributed by atoms with E-state index in [1.165, 1.54) is 12.1 Å². The quantitative estimate of drug-likeness (QED) is 0.567. The molecule has 1 fully saturated rings. The van der Waals surface area contributed by atoms with Gasteiger partial charge in [0, 0.05) is 56.6 Å². The van der Waals surface area contributed by atoms with Crippen LogP contribution < -0.4 is 10.2 Å². The average molecular weight is 399 g/mol. The molecule has 1 aromatic carbocycles. The van der Waals surface area contributed by atoms with E-state index in [-0.39, 0.29) is 11.7 Å². The number of benzene rings is 1. The van der Waals surface area contributed by atoms with Crippen molar-refractivity contribution in [2.24, 2.45) is 0 Å². The maximum atomic E-state index is 12.7. The maximum absolute atomic E-state index is 12.7. The average Bonchev–Trinajstić information content (AvgIpc) is 2.76. The normalized spacial score (nSPS) is 13.8. The van der Waals surface area contributed by atoms with E-state index in [9.17, 15) is 14.9 Å². The lowest BCUT2D eigenvalue weighted by Crippen LogP contribution is -2.40. The SMILES string of the molecule is CCN(Cc1cccc([N+](=O)[O-])c1)C(=O)NCc1cccnc1N1CCOCC1. The van der Waals surface area contributed by atoms with Crippen molar-refractivity contribution in [1.29, 1.82) is 0 Å². The smallest absolute Gasteiger partial charge is 0.317 e. The van der Waals surface area contributed by atoms with Gasteiger partial charge in [0.2, 0.25) is 0 Å². The Balaban J connectivity index is 1.63. The summed E-state index contributed by atoms with van der Waals surface area (Å²) in [5.74, 6) is 0.859. The molecular weight excluding hydrogens is 374 g/mol. The summed E-state index contributed by atoms with van der Waals surface area (Å²) in [5.41, 5.74) is 1.67. The third-order valence-electron chi connectivity index (χ3n) is 4.77. The highest BCUT2D eigenvalue weighted by Gasteiger charge is 2.18. The highest BCUT2D eigenvalue weighted by Crippen LogP contribution is 2.19. The van der Waals surface area contributed by atoms with Gasteiger partial charge >= 0.3 is 6.03 Å². The number of ether oxygens (including phenoxy) is 1. The Kier molecular flexibility index (Phi) is 6.96. The van der Waals surface area contributed by atoms with Gasteiger partial charge in [0.05, 0.1) is 18.1 Å². The Morgan fingerprint density at radius 3 is 2.83 bits per heavy atom. The van der Waals surface area contributed by atoms with E-state index in [0.717, 1.165) is 24.5 Å². The molecule has 2 aromatic rings. The summed E-state index contributed by atoms with van der Waals surface area (Å²) < 4.78 is 5.40. The van der Waals surface area contributed by atoms with E-state index in [4.69, 9.17) is 4.74 Å². The molecule has 9 nitrogen and oxygen atoms in total. The van der Waals surface area contributed by atoms with Crippen molar-refractivity contribution in [2.75, 3.05) is 37.7 Å². The topological polar surface area (TPSA) is 101 Å². The van der Waals surface area contributed by atoms with E-state index in [0.29, 0.717) is 38.4 Å². The number of carbonyl (C=O) groups excluding carboxylic acids is 1. The molecule has 1 aliphatic heterocycles. The number of aromatic nitrogens is 1. The minimum absolute atomic E-state index is 0.0180. The number of non-ortho nitro benzene ring substituents is 1. The van der Waals surface area contributed by atoms with Gasteiger partial charge in [-0.1, -0.05) is 18.2 Å². The number of amides is 2. The van der Waals surface area contributed by atoms with Gasteiger partial charge in [0.15, 0.2) is 0 Å². The van der Waals surface area contributed by atoms with E-state index in [1.54, 1.807) is 23.2 Å². The van der Waals surface area contributed by atoms with Gasteiger partial charge in [-0.3, -0.25) is 10.1 Å². The molecule has 0 aliphatic carbocycles. The van der Waals surface area contributed by atoms with Gasteiger partial charge in [-0.05, 0) is 18.6 Å². The summed E-state index contributed by atoms with van der Waals surface area (Å²) in [4.78, 5) is 31.5. The van der Waals surface area contributed by atoms with Crippen LogP contribution in [0, 0.1) is 10.1 Å². The van der Waals surface area contributed by atoms with Crippen molar-refractivity contribution < 1.29 is 14.5 Å². The number of anilines is 1. The minimum atomic E-state index is -0.435. The number of nitrogens with zero attached hydrogens (tertiary/aromatic N) is 4. The Morgan fingerprint density at radius 1 is 1.31 bits per heavy atom. The fraction of sp³-hybridized carbons (Fsp3) is 0.400. The second-order valence-corrected chi connectivity index (χ2v) is 6.69. The molecule has 154 valence electrons. The van der Waals surface area contributed by atoms with Crippen LogP contribution in [0.2, 0.25) is 0 Å². The Labute approximate surface area is 169 Å². The molecule has 0 saturated carbocycles. The molecule has 1 aliphatic rings. The summed E-state index contributed by atoms with van der Waals surface area (Å²) >= 11 is 0. The van der Waals surface area contributed by atoms with E-state index in [2.05, 4.69) is 15.2 Å². The Bertz CT molecular complexity index is 854. The number of morpholine rings is 1. The summed E-state index contributed by atoms with van der Waals surface area (Å²) in [7, 11) is 0. The molecule has 1 aromatic heterocycles. The zero-order chi connectivity index (χ0) is 20.6. The molecule has 0 spiro atoms. The summed E-state index contributed by atoms with van der Waals surface area (Å²) in [6.45, 7) is 5.87. The van der Waals surface area contributed by atoms with Crippen LogP contribution in [0.25, 0.3) is 0 Å². The first-order valence-corrected chi connectivity index (χ1v) is 9.61. The van der Waals surface area contributed by atoms with Crippen LogP contribution >= 0.6 is 0 Å². The van der Waals surface area contributed by atoms with Crippen molar-refractivity contribution in [3.63, 3.8) is 0 Å². The molecule has 0 radical (unpaired) electrons. The fourth-order valence-electron chi connectivity index (χ4n) is 3.23. The van der Waals surface area contributed by atoms with Crippen LogP contribution in [0.3, 0.4) is 0 Å². The Morgan fingerprint density at radius 2 is 2.10 bits per heavy atom. The number of nitro benzene ring substituents is 1. The van der Waals surface area contributed by atoms with Gasteiger partial charge in [-0.25, -0.2) is 9.78 Å². The van der Waals surface area contributed by atoms with Gasteiger partial charge in [-0.15, -0.1) is 0 Å². The number of nitro groups is 1. The highest BCUT2D eigenvalue weighted by atomic mass is 16.6. The number of nitrogens with one attached hydrogen (secondary N) is 1. The van der Waals surface area contributed by atoms with Gasteiger partial charge in [0.1, 0.15) is 5.82 Å². The molecular formula is C20H25N5O4. The second-order valence-electron chi connectivity index (χ2n) is 6.69. The van der Waals surface area contributed by atoms with Crippen LogP contribution in [-0.4, -0.2) is 53.7 Å². The van der Waals surface area contributed by atoms with Crippen molar-refractivity contribution in [1.82, 2.24) is 15.2 Å². The predicted octanol–water partition coefficient (Wildman–Crippen LogP) is 2.56. The number of hydrogen-bond donors (Lipinski definition) is 1. The monoisotopic (exact) mass is 399 g/mol. The van der Waals surface area contributed by atoms with Crippen LogP contribution in [0.5, 0.6) is 0 Å². The fourth-order valence-corrected chi connectivity index (χ4v) is 3.23. The van der Waals surface area contributed by atoms with Crippen LogP contribution in [0.1, 0.15) is 18.1 Å². The first-order chi connectivity index (χ1) is 14.1. The van der Waals surface area contributed by atoms with E-state index < -0.39 is 4.92 Å². The van der Waals surface area contributed by atoms with E-state index >= 15 is 0 Å². The minimum Gasteiger partial charge on any atom is -0.378 e. The number of pyridine rings is 1. The number of carbonyl (C=O) groups is 1. The molecule has 9 heteroatoms. The van der Waals surface area contributed by atoms with Gasteiger partial charge in [0.25, 0.3) is 5.69 Å². The predicted molar refractivity (Wildman–Crippen MR) is 109 cm³/mol. The first-order valence-electron chi connectivity index (χ1n) is 9.61. The molecule has 0 atom stereocenters. The van der Waals surface area contributed by atoms with Crippen molar-refractivity contribution in [3.05, 3.63) is 63.8 Å². The molecule has 1 saturated heterocycles. The van der Waals surface area contributed by atoms with E-state index in [1.807, 2.05) is 19.1 Å². The van der Waals surface area contributed by atoms with Crippen LogP contribution in [0.15, 0.2) is 42.6 Å². The maximum Gasteiger partial charge on any atom is 0.317 e. The zero-order valence-corrected chi connectivity index (χ0v) is 16.4.